The molecule has 1 aromatic rings. The van der Waals surface area contributed by atoms with Crippen LogP contribution < -0.4 is 15.8 Å². The van der Waals surface area contributed by atoms with E-state index in [9.17, 15) is 4.79 Å². The maximum atomic E-state index is 12.0. The molecule has 0 bridgehead atoms. The van der Waals surface area contributed by atoms with Gasteiger partial charge in [-0.3, -0.25) is 4.79 Å². The number of ether oxygens (including phenoxy) is 1. The number of rotatable bonds is 7. The molecule has 0 radical (unpaired) electrons. The molecular formula is C16H25ClN2O2. The molecule has 2 rings (SSSR count). The molecule has 0 heterocycles. The second-order valence-corrected chi connectivity index (χ2v) is 5.76. The first kappa shape index (κ1) is 17.8. The second-order valence-electron chi connectivity index (χ2n) is 5.76. The van der Waals surface area contributed by atoms with E-state index in [0.717, 1.165) is 11.3 Å². The molecule has 1 aromatic carbocycles. The smallest absolute Gasteiger partial charge is 0.224 e. The average Bonchev–Trinajstić information content (AvgIpc) is 3.22. The zero-order chi connectivity index (χ0) is 14.5. The fourth-order valence-electron chi connectivity index (χ4n) is 2.18. The van der Waals surface area contributed by atoms with Crippen molar-refractivity contribution in [1.82, 2.24) is 5.32 Å². The second kappa shape index (κ2) is 8.25. The molecule has 0 aromatic heterocycles. The Morgan fingerprint density at radius 2 is 2.05 bits per heavy atom. The molecule has 118 valence electrons. The summed E-state index contributed by atoms with van der Waals surface area (Å²) >= 11 is 0. The number of benzene rings is 1. The van der Waals surface area contributed by atoms with Crippen molar-refractivity contribution in [2.75, 3.05) is 6.54 Å². The zero-order valence-corrected chi connectivity index (χ0v) is 13.5. The molecule has 1 unspecified atom stereocenters. The van der Waals surface area contributed by atoms with Gasteiger partial charge in [-0.25, -0.2) is 0 Å². The van der Waals surface area contributed by atoms with Gasteiger partial charge in [0, 0.05) is 18.2 Å². The number of carbonyl (C=O) groups excluding carboxylic acids is 1. The van der Waals surface area contributed by atoms with Gasteiger partial charge >= 0.3 is 0 Å². The first-order chi connectivity index (χ1) is 9.56. The third kappa shape index (κ3) is 5.94. The van der Waals surface area contributed by atoms with Crippen LogP contribution in [0.3, 0.4) is 0 Å². The highest BCUT2D eigenvalue weighted by Crippen LogP contribution is 2.31. The SMILES string of the molecule is CC(C)Oc1ccccc1CC(=O)NCC(N)C1CC1.Cl. The predicted octanol–water partition coefficient (Wildman–Crippen LogP) is 2.29. The molecule has 5 heteroatoms. The van der Waals surface area contributed by atoms with Crippen molar-refractivity contribution >= 4 is 18.3 Å². The van der Waals surface area contributed by atoms with Crippen molar-refractivity contribution in [2.24, 2.45) is 11.7 Å². The standard InChI is InChI=1S/C16H24N2O2.ClH/c1-11(2)20-15-6-4-3-5-13(15)9-16(19)18-10-14(17)12-7-8-12;/h3-6,11-12,14H,7-10,17H2,1-2H3,(H,18,19);1H. The van der Waals surface area contributed by atoms with E-state index < -0.39 is 0 Å². The number of amides is 1. The number of hydrogen-bond donors (Lipinski definition) is 2. The minimum atomic E-state index is 0. The summed E-state index contributed by atoms with van der Waals surface area (Å²) in [5.41, 5.74) is 6.89. The summed E-state index contributed by atoms with van der Waals surface area (Å²) in [4.78, 5) is 12.0. The van der Waals surface area contributed by atoms with Gasteiger partial charge in [0.15, 0.2) is 0 Å². The van der Waals surface area contributed by atoms with Gasteiger partial charge in [-0.15, -0.1) is 12.4 Å². The van der Waals surface area contributed by atoms with Crippen molar-refractivity contribution < 1.29 is 9.53 Å². The fourth-order valence-corrected chi connectivity index (χ4v) is 2.18. The first-order valence-electron chi connectivity index (χ1n) is 7.33. The Morgan fingerprint density at radius 3 is 2.67 bits per heavy atom. The predicted molar refractivity (Wildman–Crippen MR) is 86.9 cm³/mol. The Bertz CT molecular complexity index is 461. The van der Waals surface area contributed by atoms with Crippen LogP contribution in [0, 0.1) is 5.92 Å². The van der Waals surface area contributed by atoms with E-state index in [0.29, 0.717) is 18.9 Å². The van der Waals surface area contributed by atoms with Crippen molar-refractivity contribution in [3.63, 3.8) is 0 Å². The van der Waals surface area contributed by atoms with Crippen molar-refractivity contribution in [3.05, 3.63) is 29.8 Å². The molecule has 21 heavy (non-hydrogen) atoms. The van der Waals surface area contributed by atoms with Gasteiger partial charge in [0.05, 0.1) is 12.5 Å². The van der Waals surface area contributed by atoms with Gasteiger partial charge in [0.2, 0.25) is 5.91 Å². The molecule has 1 saturated carbocycles. The zero-order valence-electron chi connectivity index (χ0n) is 12.7. The highest BCUT2D eigenvalue weighted by Gasteiger charge is 2.28. The summed E-state index contributed by atoms with van der Waals surface area (Å²) in [6, 6.07) is 7.77. The third-order valence-corrected chi connectivity index (χ3v) is 3.45. The van der Waals surface area contributed by atoms with Gasteiger partial charge < -0.3 is 15.8 Å². The highest BCUT2D eigenvalue weighted by atomic mass is 35.5. The highest BCUT2D eigenvalue weighted by molar-refractivity contribution is 5.85. The quantitative estimate of drug-likeness (QED) is 0.812. The van der Waals surface area contributed by atoms with Crippen molar-refractivity contribution in [3.8, 4) is 5.75 Å². The lowest BCUT2D eigenvalue weighted by atomic mass is 10.1. The summed E-state index contributed by atoms with van der Waals surface area (Å²) in [7, 11) is 0. The molecular weight excluding hydrogens is 288 g/mol. The number of halogens is 1. The lowest BCUT2D eigenvalue weighted by molar-refractivity contribution is -0.120. The summed E-state index contributed by atoms with van der Waals surface area (Å²) in [5.74, 6) is 1.39. The van der Waals surface area contributed by atoms with E-state index in [1.165, 1.54) is 12.8 Å². The van der Waals surface area contributed by atoms with Gasteiger partial charge in [0.1, 0.15) is 5.75 Å². The van der Waals surface area contributed by atoms with Crippen LogP contribution in [0.25, 0.3) is 0 Å². The molecule has 4 nitrogen and oxygen atoms in total. The largest absolute Gasteiger partial charge is 0.491 e. The van der Waals surface area contributed by atoms with Crippen LogP contribution >= 0.6 is 12.4 Å². The van der Waals surface area contributed by atoms with Crippen molar-refractivity contribution in [1.29, 1.82) is 0 Å². The molecule has 1 aliphatic rings. The lowest BCUT2D eigenvalue weighted by Gasteiger charge is -2.15. The molecule has 0 spiro atoms. The molecule has 0 saturated heterocycles. The molecule has 3 N–H and O–H groups in total. The Labute approximate surface area is 132 Å². The summed E-state index contributed by atoms with van der Waals surface area (Å²) in [6.07, 6.45) is 2.83. The van der Waals surface area contributed by atoms with E-state index in [2.05, 4.69) is 5.32 Å². The average molecular weight is 313 g/mol. The molecule has 1 fully saturated rings. The summed E-state index contributed by atoms with van der Waals surface area (Å²) < 4.78 is 5.72. The molecule has 1 amide bonds. The Morgan fingerprint density at radius 1 is 1.38 bits per heavy atom. The molecule has 0 aliphatic heterocycles. The van der Waals surface area contributed by atoms with Crippen LogP contribution in [0.4, 0.5) is 0 Å². The van der Waals surface area contributed by atoms with Crippen LogP contribution in [0.5, 0.6) is 5.75 Å². The number of nitrogens with one attached hydrogen (secondary N) is 1. The number of carbonyl (C=O) groups is 1. The minimum Gasteiger partial charge on any atom is -0.491 e. The maximum absolute atomic E-state index is 12.0. The summed E-state index contributed by atoms with van der Waals surface area (Å²) in [6.45, 7) is 4.52. The minimum absolute atomic E-state index is 0. The molecule has 1 atom stereocenters. The van der Waals surface area contributed by atoms with Crippen molar-refractivity contribution in [2.45, 2.75) is 45.3 Å². The number of para-hydroxylation sites is 1. The van der Waals surface area contributed by atoms with Gasteiger partial charge in [-0.1, -0.05) is 18.2 Å². The molecule has 1 aliphatic carbocycles. The van der Waals surface area contributed by atoms with Crippen LogP contribution in [-0.4, -0.2) is 24.6 Å². The Hall–Kier alpha value is -1.26. The normalized spacial score (nSPS) is 15.2. The fraction of sp³-hybridized carbons (Fsp3) is 0.562. The Balaban J connectivity index is 0.00000220. The van der Waals surface area contributed by atoms with Gasteiger partial charge in [0.25, 0.3) is 0 Å². The summed E-state index contributed by atoms with van der Waals surface area (Å²) in [5, 5.41) is 2.91. The first-order valence-corrected chi connectivity index (χ1v) is 7.33. The lowest BCUT2D eigenvalue weighted by Crippen LogP contribution is -2.39. The monoisotopic (exact) mass is 312 g/mol. The van der Waals surface area contributed by atoms with Gasteiger partial charge in [-0.05, 0) is 38.7 Å². The van der Waals surface area contributed by atoms with Crippen LogP contribution in [-0.2, 0) is 11.2 Å². The van der Waals surface area contributed by atoms with E-state index in [-0.39, 0.29) is 30.5 Å². The van der Waals surface area contributed by atoms with Gasteiger partial charge in [-0.2, -0.15) is 0 Å². The Kier molecular flexibility index (Phi) is 6.99. The van der Waals surface area contributed by atoms with E-state index in [4.69, 9.17) is 10.5 Å². The van der Waals surface area contributed by atoms with Crippen LogP contribution in [0.15, 0.2) is 24.3 Å². The van der Waals surface area contributed by atoms with E-state index in [1.807, 2.05) is 38.1 Å². The van der Waals surface area contributed by atoms with Crippen LogP contribution in [0.1, 0.15) is 32.3 Å². The third-order valence-electron chi connectivity index (χ3n) is 3.45. The van der Waals surface area contributed by atoms with E-state index in [1.54, 1.807) is 0 Å². The number of nitrogens with two attached hydrogens (primary N) is 1. The maximum Gasteiger partial charge on any atom is 0.224 e. The van der Waals surface area contributed by atoms with Crippen LogP contribution in [0.2, 0.25) is 0 Å². The topological polar surface area (TPSA) is 64.3 Å². The number of hydrogen-bond acceptors (Lipinski definition) is 3. The van der Waals surface area contributed by atoms with E-state index >= 15 is 0 Å².